The third-order valence-electron chi connectivity index (χ3n) is 3.03. The molecule has 5 nitrogen and oxygen atoms in total. The van der Waals surface area contributed by atoms with Crippen LogP contribution in [0.4, 0.5) is 0 Å². The predicted octanol–water partition coefficient (Wildman–Crippen LogP) is 2.88. The van der Waals surface area contributed by atoms with Crippen LogP contribution in [0, 0.1) is 6.92 Å². The van der Waals surface area contributed by atoms with Crippen LogP contribution in [0.25, 0.3) is 22.9 Å². The summed E-state index contributed by atoms with van der Waals surface area (Å²) >= 11 is 0. The highest BCUT2D eigenvalue weighted by Crippen LogP contribution is 2.19. The van der Waals surface area contributed by atoms with E-state index in [2.05, 4.69) is 9.97 Å². The summed E-state index contributed by atoms with van der Waals surface area (Å²) in [7, 11) is 0. The van der Waals surface area contributed by atoms with E-state index in [1.54, 1.807) is 25.1 Å². The number of aromatic amines is 1. The maximum atomic E-state index is 11.9. The van der Waals surface area contributed by atoms with E-state index in [1.807, 2.05) is 12.1 Å². The molecule has 1 aromatic carbocycles. The largest absolute Gasteiger partial charge is 0.507 e. The zero-order valence-corrected chi connectivity index (χ0v) is 10.8. The van der Waals surface area contributed by atoms with Crippen molar-refractivity contribution in [2.75, 3.05) is 0 Å². The highest BCUT2D eigenvalue weighted by molar-refractivity contribution is 5.79. The van der Waals surface area contributed by atoms with E-state index in [9.17, 15) is 9.90 Å². The number of aliphatic hydroxyl groups is 1. The standard InChI is InChI=1S/C15H12N2O3/c1-9-10(6-7-20-9)14(18)8-13-15(19)17-12-5-3-2-4-11(12)16-13/h2-8,18H,1H3,(H,17,19)/b14-8-. The van der Waals surface area contributed by atoms with E-state index >= 15 is 0 Å². The highest BCUT2D eigenvalue weighted by atomic mass is 16.3. The maximum absolute atomic E-state index is 11.9. The van der Waals surface area contributed by atoms with Gasteiger partial charge in [-0.25, -0.2) is 4.98 Å². The molecule has 0 amide bonds. The Morgan fingerprint density at radius 1 is 1.35 bits per heavy atom. The fourth-order valence-corrected chi connectivity index (χ4v) is 2.00. The molecule has 0 aliphatic heterocycles. The van der Waals surface area contributed by atoms with Gasteiger partial charge in [-0.3, -0.25) is 4.79 Å². The molecule has 0 radical (unpaired) electrons. The van der Waals surface area contributed by atoms with Gasteiger partial charge in [-0.05, 0) is 25.1 Å². The Balaban J connectivity index is 2.13. The van der Waals surface area contributed by atoms with E-state index in [1.165, 1.54) is 12.3 Å². The molecule has 0 bridgehead atoms. The number of benzene rings is 1. The molecule has 2 aromatic heterocycles. The molecule has 0 unspecified atom stereocenters. The minimum atomic E-state index is -0.351. The lowest BCUT2D eigenvalue weighted by molar-refractivity contribution is 0.503. The van der Waals surface area contributed by atoms with Crippen LogP contribution in [0.5, 0.6) is 0 Å². The first kappa shape index (κ1) is 12.2. The number of hydrogen-bond donors (Lipinski definition) is 2. The fraction of sp³-hybridized carbons (Fsp3) is 0.0667. The number of para-hydroxylation sites is 2. The topological polar surface area (TPSA) is 79.1 Å². The van der Waals surface area contributed by atoms with E-state index in [-0.39, 0.29) is 17.0 Å². The summed E-state index contributed by atoms with van der Waals surface area (Å²) in [6.45, 7) is 1.73. The summed E-state index contributed by atoms with van der Waals surface area (Å²) in [6, 6.07) is 8.86. The van der Waals surface area contributed by atoms with Crippen LogP contribution in [-0.2, 0) is 0 Å². The molecule has 3 aromatic rings. The van der Waals surface area contributed by atoms with Gasteiger partial charge in [0.1, 0.15) is 17.2 Å². The fourth-order valence-electron chi connectivity index (χ4n) is 2.00. The number of H-pyrrole nitrogens is 1. The SMILES string of the molecule is Cc1occc1/C(O)=C/c1nc2ccccc2[nH]c1=O. The monoisotopic (exact) mass is 268 g/mol. The summed E-state index contributed by atoms with van der Waals surface area (Å²) in [5.41, 5.74) is 1.67. The van der Waals surface area contributed by atoms with E-state index in [0.717, 1.165) is 0 Å². The zero-order valence-electron chi connectivity index (χ0n) is 10.8. The van der Waals surface area contributed by atoms with E-state index < -0.39 is 0 Å². The first-order valence-electron chi connectivity index (χ1n) is 6.09. The van der Waals surface area contributed by atoms with Crippen molar-refractivity contribution in [1.29, 1.82) is 0 Å². The van der Waals surface area contributed by atoms with Crippen molar-refractivity contribution in [2.24, 2.45) is 0 Å². The first-order valence-corrected chi connectivity index (χ1v) is 6.09. The molecule has 0 aliphatic rings. The number of furan rings is 1. The number of rotatable bonds is 2. The average Bonchev–Trinajstić information content (AvgIpc) is 2.86. The number of aryl methyl sites for hydroxylation is 1. The van der Waals surface area contributed by atoms with Crippen molar-refractivity contribution >= 4 is 22.9 Å². The minimum absolute atomic E-state index is 0.0514. The van der Waals surface area contributed by atoms with Gasteiger partial charge in [-0.1, -0.05) is 12.1 Å². The Labute approximate surface area is 114 Å². The van der Waals surface area contributed by atoms with Gasteiger partial charge < -0.3 is 14.5 Å². The quantitative estimate of drug-likeness (QED) is 0.700. The molecule has 20 heavy (non-hydrogen) atoms. The van der Waals surface area contributed by atoms with Crippen LogP contribution in [0.3, 0.4) is 0 Å². The molecule has 0 saturated heterocycles. The van der Waals surface area contributed by atoms with Gasteiger partial charge in [0, 0.05) is 6.08 Å². The van der Waals surface area contributed by atoms with Gasteiger partial charge in [0.2, 0.25) is 0 Å². The van der Waals surface area contributed by atoms with Crippen LogP contribution >= 0.6 is 0 Å². The lowest BCUT2D eigenvalue weighted by Gasteiger charge is -2.00. The molecular weight excluding hydrogens is 256 g/mol. The van der Waals surface area contributed by atoms with Gasteiger partial charge in [0.25, 0.3) is 5.56 Å². The lowest BCUT2D eigenvalue weighted by atomic mass is 10.2. The smallest absolute Gasteiger partial charge is 0.274 e. The van der Waals surface area contributed by atoms with Crippen LogP contribution in [0.1, 0.15) is 17.0 Å². The van der Waals surface area contributed by atoms with Crippen LogP contribution < -0.4 is 5.56 Å². The Kier molecular flexibility index (Phi) is 2.87. The molecule has 0 atom stereocenters. The Bertz CT molecular complexity index is 859. The van der Waals surface area contributed by atoms with Crippen molar-refractivity contribution in [3.05, 3.63) is 64.0 Å². The van der Waals surface area contributed by atoms with E-state index in [4.69, 9.17) is 4.42 Å². The third kappa shape index (κ3) is 2.09. The van der Waals surface area contributed by atoms with Gasteiger partial charge >= 0.3 is 0 Å². The number of fused-ring (bicyclic) bond motifs is 1. The van der Waals surface area contributed by atoms with Crippen LogP contribution in [0.2, 0.25) is 0 Å². The van der Waals surface area contributed by atoms with Crippen molar-refractivity contribution in [3.63, 3.8) is 0 Å². The van der Waals surface area contributed by atoms with Crippen molar-refractivity contribution in [3.8, 4) is 0 Å². The molecular formula is C15H12N2O3. The Morgan fingerprint density at radius 2 is 2.15 bits per heavy atom. The summed E-state index contributed by atoms with van der Waals surface area (Å²) in [6.07, 6.45) is 2.82. The van der Waals surface area contributed by atoms with Crippen molar-refractivity contribution < 1.29 is 9.52 Å². The summed E-state index contributed by atoms with van der Waals surface area (Å²) < 4.78 is 5.12. The maximum Gasteiger partial charge on any atom is 0.274 e. The van der Waals surface area contributed by atoms with Crippen LogP contribution in [0.15, 0.2) is 45.8 Å². The molecule has 2 heterocycles. The number of hydrogen-bond acceptors (Lipinski definition) is 4. The number of aliphatic hydroxyl groups excluding tert-OH is 1. The molecule has 0 spiro atoms. The second-order valence-corrected chi connectivity index (χ2v) is 4.39. The van der Waals surface area contributed by atoms with Gasteiger partial charge in [-0.15, -0.1) is 0 Å². The van der Waals surface area contributed by atoms with Crippen molar-refractivity contribution in [2.45, 2.75) is 6.92 Å². The molecule has 100 valence electrons. The third-order valence-corrected chi connectivity index (χ3v) is 3.03. The Morgan fingerprint density at radius 3 is 2.90 bits per heavy atom. The second kappa shape index (κ2) is 4.70. The highest BCUT2D eigenvalue weighted by Gasteiger charge is 2.09. The Hall–Kier alpha value is -2.82. The molecule has 3 rings (SSSR count). The summed E-state index contributed by atoms with van der Waals surface area (Å²) in [5.74, 6) is 0.528. The summed E-state index contributed by atoms with van der Waals surface area (Å²) in [5, 5.41) is 10.0. The predicted molar refractivity (Wildman–Crippen MR) is 76.3 cm³/mol. The molecule has 5 heteroatoms. The second-order valence-electron chi connectivity index (χ2n) is 4.39. The van der Waals surface area contributed by atoms with E-state index in [0.29, 0.717) is 22.4 Å². The van der Waals surface area contributed by atoms with Gasteiger partial charge in [0.05, 0.1) is 22.9 Å². The molecule has 0 aliphatic carbocycles. The van der Waals surface area contributed by atoms with Gasteiger partial charge in [-0.2, -0.15) is 0 Å². The molecule has 0 saturated carbocycles. The first-order chi connectivity index (χ1) is 9.65. The number of nitrogens with one attached hydrogen (secondary N) is 1. The molecule has 2 N–H and O–H groups in total. The lowest BCUT2D eigenvalue weighted by Crippen LogP contribution is -2.12. The van der Waals surface area contributed by atoms with Crippen LogP contribution in [-0.4, -0.2) is 15.1 Å². The molecule has 0 fully saturated rings. The van der Waals surface area contributed by atoms with Gasteiger partial charge in [0.15, 0.2) is 0 Å². The number of nitrogens with zero attached hydrogens (tertiary/aromatic N) is 1. The average molecular weight is 268 g/mol. The zero-order chi connectivity index (χ0) is 14.1. The number of aromatic nitrogens is 2. The van der Waals surface area contributed by atoms with Crippen molar-refractivity contribution in [1.82, 2.24) is 9.97 Å². The summed E-state index contributed by atoms with van der Waals surface area (Å²) in [4.78, 5) is 18.9. The minimum Gasteiger partial charge on any atom is -0.507 e. The normalized spacial score (nSPS) is 11.9.